The van der Waals surface area contributed by atoms with E-state index in [2.05, 4.69) is 24.0 Å². The molecule has 0 N–H and O–H groups in total. The van der Waals surface area contributed by atoms with Crippen molar-refractivity contribution in [3.63, 3.8) is 0 Å². The zero-order valence-electron chi connectivity index (χ0n) is 11.4. The van der Waals surface area contributed by atoms with Crippen LogP contribution in [-0.2, 0) is 16.1 Å². The molecule has 0 aromatic heterocycles. The van der Waals surface area contributed by atoms with E-state index in [1.807, 2.05) is 25.1 Å². The number of rotatable bonds is 8. The fourth-order valence-corrected chi connectivity index (χ4v) is 1.83. The van der Waals surface area contributed by atoms with E-state index >= 15 is 0 Å². The maximum Gasteiger partial charge on any atom is 0.320 e. The Bertz CT molecular complexity index is 338. The second-order valence-corrected chi connectivity index (χ2v) is 4.35. The van der Waals surface area contributed by atoms with Crippen molar-refractivity contribution in [2.75, 3.05) is 19.7 Å². The molecular formula is C15H23NO2. The van der Waals surface area contributed by atoms with Crippen LogP contribution in [0.3, 0.4) is 0 Å². The number of esters is 1. The van der Waals surface area contributed by atoms with E-state index in [1.165, 1.54) is 5.56 Å². The molecule has 0 unspecified atom stereocenters. The average Bonchev–Trinajstić information content (AvgIpc) is 2.37. The molecular weight excluding hydrogens is 226 g/mol. The molecule has 0 bridgehead atoms. The summed E-state index contributed by atoms with van der Waals surface area (Å²) in [5.41, 5.74) is 1.23. The molecule has 3 nitrogen and oxygen atoms in total. The second-order valence-electron chi connectivity index (χ2n) is 4.35. The van der Waals surface area contributed by atoms with Gasteiger partial charge in [-0.3, -0.25) is 9.69 Å². The lowest BCUT2D eigenvalue weighted by Crippen LogP contribution is -2.31. The van der Waals surface area contributed by atoms with Crippen LogP contribution in [0.1, 0.15) is 32.3 Å². The quantitative estimate of drug-likeness (QED) is 0.663. The summed E-state index contributed by atoms with van der Waals surface area (Å²) in [5, 5.41) is 0. The highest BCUT2D eigenvalue weighted by Gasteiger charge is 2.11. The SMILES string of the molecule is CCCCN(CC(=O)OCC)Cc1ccccc1. The highest BCUT2D eigenvalue weighted by molar-refractivity contribution is 5.71. The van der Waals surface area contributed by atoms with Crippen LogP contribution in [0, 0.1) is 0 Å². The third-order valence-electron chi connectivity index (χ3n) is 2.73. The minimum Gasteiger partial charge on any atom is -0.465 e. The smallest absolute Gasteiger partial charge is 0.320 e. The molecule has 0 heterocycles. The summed E-state index contributed by atoms with van der Waals surface area (Å²) in [5.74, 6) is -0.135. The number of benzene rings is 1. The fourth-order valence-electron chi connectivity index (χ4n) is 1.83. The van der Waals surface area contributed by atoms with Crippen LogP contribution in [-0.4, -0.2) is 30.6 Å². The van der Waals surface area contributed by atoms with Gasteiger partial charge >= 0.3 is 5.97 Å². The summed E-state index contributed by atoms with van der Waals surface area (Å²) in [6.45, 7) is 6.56. The lowest BCUT2D eigenvalue weighted by atomic mass is 10.2. The zero-order valence-corrected chi connectivity index (χ0v) is 11.4. The molecule has 0 fully saturated rings. The topological polar surface area (TPSA) is 29.5 Å². The van der Waals surface area contributed by atoms with Gasteiger partial charge in [0.15, 0.2) is 0 Å². The van der Waals surface area contributed by atoms with Crippen LogP contribution in [0.25, 0.3) is 0 Å². The molecule has 0 spiro atoms. The first-order valence-electron chi connectivity index (χ1n) is 6.68. The molecule has 3 heteroatoms. The van der Waals surface area contributed by atoms with Gasteiger partial charge in [-0.25, -0.2) is 0 Å². The largest absolute Gasteiger partial charge is 0.465 e. The first kappa shape index (κ1) is 14.7. The van der Waals surface area contributed by atoms with Crippen molar-refractivity contribution in [2.45, 2.75) is 33.2 Å². The van der Waals surface area contributed by atoms with Crippen LogP contribution in [0.4, 0.5) is 0 Å². The van der Waals surface area contributed by atoms with Crippen molar-refractivity contribution in [1.29, 1.82) is 0 Å². The van der Waals surface area contributed by atoms with E-state index in [9.17, 15) is 4.79 Å². The molecule has 1 rings (SSSR count). The van der Waals surface area contributed by atoms with E-state index < -0.39 is 0 Å². The van der Waals surface area contributed by atoms with Gasteiger partial charge in [-0.15, -0.1) is 0 Å². The summed E-state index contributed by atoms with van der Waals surface area (Å²) in [6, 6.07) is 10.2. The average molecular weight is 249 g/mol. The van der Waals surface area contributed by atoms with Crippen molar-refractivity contribution in [3.05, 3.63) is 35.9 Å². The van der Waals surface area contributed by atoms with Crippen LogP contribution in [0.15, 0.2) is 30.3 Å². The number of carbonyl (C=O) groups excluding carboxylic acids is 1. The second kappa shape index (κ2) is 8.70. The third-order valence-corrected chi connectivity index (χ3v) is 2.73. The number of hydrogen-bond acceptors (Lipinski definition) is 3. The predicted molar refractivity (Wildman–Crippen MR) is 73.3 cm³/mol. The van der Waals surface area contributed by atoms with Crippen LogP contribution < -0.4 is 0 Å². The van der Waals surface area contributed by atoms with E-state index in [0.29, 0.717) is 13.2 Å². The van der Waals surface area contributed by atoms with Crippen molar-refractivity contribution in [3.8, 4) is 0 Å². The Morgan fingerprint density at radius 1 is 1.22 bits per heavy atom. The molecule has 0 amide bonds. The third kappa shape index (κ3) is 5.82. The monoisotopic (exact) mass is 249 g/mol. The standard InChI is InChI=1S/C15H23NO2/c1-3-5-11-16(13-15(17)18-4-2)12-14-9-7-6-8-10-14/h6-10H,3-5,11-13H2,1-2H3. The summed E-state index contributed by atoms with van der Waals surface area (Å²) in [7, 11) is 0. The van der Waals surface area contributed by atoms with Gasteiger partial charge in [-0.1, -0.05) is 43.7 Å². The van der Waals surface area contributed by atoms with Crippen LogP contribution in [0.5, 0.6) is 0 Å². The molecule has 100 valence electrons. The van der Waals surface area contributed by atoms with Gasteiger partial charge in [-0.05, 0) is 25.5 Å². The Morgan fingerprint density at radius 2 is 1.94 bits per heavy atom. The van der Waals surface area contributed by atoms with E-state index in [4.69, 9.17) is 4.74 Å². The Balaban J connectivity index is 2.52. The van der Waals surface area contributed by atoms with Gasteiger partial charge in [0.1, 0.15) is 0 Å². The minimum absolute atomic E-state index is 0.135. The number of hydrogen-bond donors (Lipinski definition) is 0. The Labute approximate surface area is 110 Å². The normalized spacial score (nSPS) is 10.6. The fraction of sp³-hybridized carbons (Fsp3) is 0.533. The molecule has 0 atom stereocenters. The number of ether oxygens (including phenoxy) is 1. The number of nitrogens with zero attached hydrogens (tertiary/aromatic N) is 1. The van der Waals surface area contributed by atoms with Gasteiger partial charge < -0.3 is 4.74 Å². The Morgan fingerprint density at radius 3 is 2.56 bits per heavy atom. The number of unbranched alkanes of at least 4 members (excludes halogenated alkanes) is 1. The van der Waals surface area contributed by atoms with Crippen molar-refractivity contribution in [2.24, 2.45) is 0 Å². The summed E-state index contributed by atoms with van der Waals surface area (Å²) in [6.07, 6.45) is 2.24. The van der Waals surface area contributed by atoms with Crippen molar-refractivity contribution < 1.29 is 9.53 Å². The highest BCUT2D eigenvalue weighted by atomic mass is 16.5. The minimum atomic E-state index is -0.135. The molecule has 18 heavy (non-hydrogen) atoms. The van der Waals surface area contributed by atoms with E-state index in [0.717, 1.165) is 25.9 Å². The first-order valence-corrected chi connectivity index (χ1v) is 6.68. The Hall–Kier alpha value is -1.35. The van der Waals surface area contributed by atoms with Gasteiger partial charge in [0, 0.05) is 6.54 Å². The predicted octanol–water partition coefficient (Wildman–Crippen LogP) is 2.85. The van der Waals surface area contributed by atoms with Gasteiger partial charge in [-0.2, -0.15) is 0 Å². The lowest BCUT2D eigenvalue weighted by Gasteiger charge is -2.21. The molecule has 1 aromatic rings. The highest BCUT2D eigenvalue weighted by Crippen LogP contribution is 2.06. The zero-order chi connectivity index (χ0) is 13.2. The summed E-state index contributed by atoms with van der Waals surface area (Å²) in [4.78, 5) is 13.7. The van der Waals surface area contributed by atoms with Gasteiger partial charge in [0.05, 0.1) is 13.2 Å². The summed E-state index contributed by atoms with van der Waals surface area (Å²) >= 11 is 0. The lowest BCUT2D eigenvalue weighted by molar-refractivity contribution is -0.144. The van der Waals surface area contributed by atoms with Crippen LogP contribution in [0.2, 0.25) is 0 Å². The molecule has 1 aromatic carbocycles. The van der Waals surface area contributed by atoms with Crippen molar-refractivity contribution >= 4 is 5.97 Å². The maximum absolute atomic E-state index is 11.5. The Kier molecular flexibility index (Phi) is 7.11. The summed E-state index contributed by atoms with van der Waals surface area (Å²) < 4.78 is 5.01. The van der Waals surface area contributed by atoms with E-state index in [-0.39, 0.29) is 5.97 Å². The molecule has 0 saturated heterocycles. The number of carbonyl (C=O) groups is 1. The molecule has 0 aliphatic heterocycles. The van der Waals surface area contributed by atoms with Crippen molar-refractivity contribution in [1.82, 2.24) is 4.90 Å². The van der Waals surface area contributed by atoms with Gasteiger partial charge in [0.2, 0.25) is 0 Å². The first-order chi connectivity index (χ1) is 8.76. The molecule has 0 saturated carbocycles. The maximum atomic E-state index is 11.5. The van der Waals surface area contributed by atoms with Crippen LogP contribution >= 0.6 is 0 Å². The van der Waals surface area contributed by atoms with E-state index in [1.54, 1.807) is 0 Å². The molecule has 0 radical (unpaired) electrons. The molecule has 0 aliphatic rings. The van der Waals surface area contributed by atoms with Gasteiger partial charge in [0.25, 0.3) is 0 Å². The molecule has 0 aliphatic carbocycles.